The van der Waals surface area contributed by atoms with Gasteiger partial charge in [-0.15, -0.1) is 0 Å². The van der Waals surface area contributed by atoms with E-state index in [-0.39, 0.29) is 0 Å². The number of aliphatic imine (C=N–C) groups is 1. The second-order valence-corrected chi connectivity index (χ2v) is 4.32. The second-order valence-electron chi connectivity index (χ2n) is 3.41. The van der Waals surface area contributed by atoms with Crippen molar-refractivity contribution in [2.24, 2.45) is 10.7 Å². The minimum absolute atomic E-state index is 0.467. The number of benzene rings is 1. The van der Waals surface area contributed by atoms with Crippen molar-refractivity contribution in [3.63, 3.8) is 0 Å². The molecule has 0 saturated heterocycles. The lowest BCUT2D eigenvalue weighted by atomic mass is 10.2. The van der Waals surface area contributed by atoms with Crippen LogP contribution in [0.3, 0.4) is 0 Å². The second kappa shape index (κ2) is 5.75. The Morgan fingerprint density at radius 2 is 2.20 bits per heavy atom. The van der Waals surface area contributed by atoms with Gasteiger partial charge in [-0.3, -0.25) is 4.99 Å². The first kappa shape index (κ1) is 12.0. The Bertz CT molecular complexity index is 341. The van der Waals surface area contributed by atoms with Gasteiger partial charge in [0.25, 0.3) is 0 Å². The smallest absolute Gasteiger partial charge is 0.193 e. The van der Waals surface area contributed by atoms with Crippen molar-refractivity contribution in [2.45, 2.75) is 20.3 Å². The summed E-state index contributed by atoms with van der Waals surface area (Å²) in [5.74, 6) is 0.467. The Kier molecular flexibility index (Phi) is 4.62. The molecule has 0 heterocycles. The van der Waals surface area contributed by atoms with Gasteiger partial charge < -0.3 is 11.1 Å². The maximum absolute atomic E-state index is 5.72. The van der Waals surface area contributed by atoms with Crippen LogP contribution < -0.4 is 11.1 Å². The minimum atomic E-state index is 0.467. The van der Waals surface area contributed by atoms with Crippen molar-refractivity contribution in [1.29, 1.82) is 0 Å². The minimum Gasteiger partial charge on any atom is -0.370 e. The summed E-state index contributed by atoms with van der Waals surface area (Å²) in [4.78, 5) is 4.17. The van der Waals surface area contributed by atoms with E-state index in [1.807, 2.05) is 25.1 Å². The Balaban J connectivity index is 2.72. The van der Waals surface area contributed by atoms with Gasteiger partial charge in [0, 0.05) is 16.7 Å². The number of hydrogen-bond donors (Lipinski definition) is 2. The van der Waals surface area contributed by atoms with Gasteiger partial charge in [0.1, 0.15) is 0 Å². The predicted octanol–water partition coefficient (Wildman–Crippen LogP) is 2.89. The molecule has 1 aromatic rings. The molecule has 3 nitrogen and oxygen atoms in total. The molecule has 0 aliphatic rings. The molecule has 0 spiro atoms. The number of aryl methyl sites for hydroxylation is 1. The van der Waals surface area contributed by atoms with Gasteiger partial charge in [-0.2, -0.15) is 0 Å². The van der Waals surface area contributed by atoms with E-state index in [1.54, 1.807) is 0 Å². The summed E-state index contributed by atoms with van der Waals surface area (Å²) in [7, 11) is 0. The summed E-state index contributed by atoms with van der Waals surface area (Å²) in [6.45, 7) is 4.86. The first-order chi connectivity index (χ1) is 7.11. The largest absolute Gasteiger partial charge is 0.370 e. The monoisotopic (exact) mass is 269 g/mol. The molecule has 0 aromatic heterocycles. The highest BCUT2D eigenvalue weighted by Crippen LogP contribution is 2.18. The molecule has 82 valence electrons. The van der Waals surface area contributed by atoms with Gasteiger partial charge in [-0.05, 0) is 37.1 Å². The number of halogens is 1. The fourth-order valence-electron chi connectivity index (χ4n) is 1.23. The fraction of sp³-hybridized carbons (Fsp3) is 0.364. The molecule has 0 unspecified atom stereocenters. The molecule has 0 aliphatic carbocycles. The summed E-state index contributed by atoms with van der Waals surface area (Å²) in [6.07, 6.45) is 1.000. The van der Waals surface area contributed by atoms with E-state index in [0.29, 0.717) is 5.96 Å². The van der Waals surface area contributed by atoms with Crippen molar-refractivity contribution >= 4 is 27.6 Å². The van der Waals surface area contributed by atoms with E-state index in [1.165, 1.54) is 5.56 Å². The van der Waals surface area contributed by atoms with Crippen LogP contribution in [0.15, 0.2) is 27.7 Å². The quantitative estimate of drug-likeness (QED) is 0.655. The SMILES string of the molecule is CCCN=C(N)Nc1cc(C)cc(Br)c1. The topological polar surface area (TPSA) is 50.4 Å². The van der Waals surface area contributed by atoms with Crippen LogP contribution in [-0.4, -0.2) is 12.5 Å². The maximum Gasteiger partial charge on any atom is 0.193 e. The highest BCUT2D eigenvalue weighted by molar-refractivity contribution is 9.10. The number of rotatable bonds is 3. The summed E-state index contributed by atoms with van der Waals surface area (Å²) >= 11 is 3.43. The van der Waals surface area contributed by atoms with E-state index in [0.717, 1.165) is 23.1 Å². The molecule has 0 radical (unpaired) electrons. The lowest BCUT2D eigenvalue weighted by Crippen LogP contribution is -2.22. The molecule has 4 heteroatoms. The third-order valence-electron chi connectivity index (χ3n) is 1.82. The van der Waals surface area contributed by atoms with E-state index < -0.39 is 0 Å². The van der Waals surface area contributed by atoms with Crippen LogP contribution in [0.5, 0.6) is 0 Å². The van der Waals surface area contributed by atoms with Crippen molar-refractivity contribution in [1.82, 2.24) is 0 Å². The summed E-state index contributed by atoms with van der Waals surface area (Å²) in [5, 5.41) is 3.06. The van der Waals surface area contributed by atoms with E-state index in [2.05, 4.69) is 33.2 Å². The van der Waals surface area contributed by atoms with Gasteiger partial charge in [0.2, 0.25) is 0 Å². The first-order valence-electron chi connectivity index (χ1n) is 4.96. The van der Waals surface area contributed by atoms with E-state index >= 15 is 0 Å². The van der Waals surface area contributed by atoms with Crippen LogP contribution in [0.1, 0.15) is 18.9 Å². The fourth-order valence-corrected chi connectivity index (χ4v) is 1.84. The van der Waals surface area contributed by atoms with Crippen LogP contribution in [0, 0.1) is 6.92 Å². The summed E-state index contributed by atoms with van der Waals surface area (Å²) in [5.41, 5.74) is 7.85. The maximum atomic E-state index is 5.72. The zero-order chi connectivity index (χ0) is 11.3. The average Bonchev–Trinajstić information content (AvgIpc) is 2.13. The molecule has 0 bridgehead atoms. The van der Waals surface area contributed by atoms with Crippen molar-refractivity contribution in [2.75, 3.05) is 11.9 Å². The van der Waals surface area contributed by atoms with Gasteiger partial charge in [0.15, 0.2) is 5.96 Å². The Hall–Kier alpha value is -1.03. The molecule has 3 N–H and O–H groups in total. The Morgan fingerprint density at radius 1 is 1.47 bits per heavy atom. The molecule has 1 rings (SSSR count). The van der Waals surface area contributed by atoms with Gasteiger partial charge in [-0.25, -0.2) is 0 Å². The van der Waals surface area contributed by atoms with Gasteiger partial charge in [-0.1, -0.05) is 22.9 Å². The Labute approximate surface area is 98.9 Å². The third kappa shape index (κ3) is 4.34. The highest BCUT2D eigenvalue weighted by Gasteiger charge is 1.97. The lowest BCUT2D eigenvalue weighted by Gasteiger charge is -2.07. The van der Waals surface area contributed by atoms with E-state index in [9.17, 15) is 0 Å². The highest BCUT2D eigenvalue weighted by atomic mass is 79.9. The number of nitrogens with zero attached hydrogens (tertiary/aromatic N) is 1. The van der Waals surface area contributed by atoms with Gasteiger partial charge >= 0.3 is 0 Å². The van der Waals surface area contributed by atoms with Crippen LogP contribution >= 0.6 is 15.9 Å². The molecule has 0 aliphatic heterocycles. The zero-order valence-electron chi connectivity index (χ0n) is 9.05. The average molecular weight is 270 g/mol. The first-order valence-corrected chi connectivity index (χ1v) is 5.75. The molecule has 0 saturated carbocycles. The molecule has 15 heavy (non-hydrogen) atoms. The summed E-state index contributed by atoms with van der Waals surface area (Å²) < 4.78 is 1.04. The number of nitrogens with one attached hydrogen (secondary N) is 1. The third-order valence-corrected chi connectivity index (χ3v) is 2.28. The van der Waals surface area contributed by atoms with Crippen LogP contribution in [-0.2, 0) is 0 Å². The van der Waals surface area contributed by atoms with Crippen molar-refractivity contribution in [3.05, 3.63) is 28.2 Å². The zero-order valence-corrected chi connectivity index (χ0v) is 10.6. The van der Waals surface area contributed by atoms with E-state index in [4.69, 9.17) is 5.73 Å². The molecule has 0 fully saturated rings. The molecule has 1 aromatic carbocycles. The lowest BCUT2D eigenvalue weighted by molar-refractivity contribution is 0.929. The van der Waals surface area contributed by atoms with Crippen molar-refractivity contribution < 1.29 is 0 Å². The molecular formula is C11H16BrN3. The predicted molar refractivity (Wildman–Crippen MR) is 69.3 cm³/mol. The number of nitrogens with two attached hydrogens (primary N) is 1. The molecule has 0 atom stereocenters. The number of anilines is 1. The molecule has 0 amide bonds. The number of hydrogen-bond acceptors (Lipinski definition) is 1. The van der Waals surface area contributed by atoms with Crippen LogP contribution in [0.2, 0.25) is 0 Å². The Morgan fingerprint density at radius 3 is 2.80 bits per heavy atom. The summed E-state index contributed by atoms with van der Waals surface area (Å²) in [6, 6.07) is 6.05. The number of guanidine groups is 1. The van der Waals surface area contributed by atoms with Crippen molar-refractivity contribution in [3.8, 4) is 0 Å². The standard InChI is InChI=1S/C11H16BrN3/c1-3-4-14-11(13)15-10-6-8(2)5-9(12)7-10/h5-7H,3-4H2,1-2H3,(H3,13,14,15). The van der Waals surface area contributed by atoms with Gasteiger partial charge in [0.05, 0.1) is 0 Å². The van der Waals surface area contributed by atoms with Crippen LogP contribution in [0.25, 0.3) is 0 Å². The van der Waals surface area contributed by atoms with Crippen LogP contribution in [0.4, 0.5) is 5.69 Å². The molecular weight excluding hydrogens is 254 g/mol. The normalized spacial score (nSPS) is 11.5.